The van der Waals surface area contributed by atoms with E-state index in [-0.39, 0.29) is 0 Å². The molecule has 0 aliphatic rings. The first-order valence-electron chi connectivity index (χ1n) is 6.73. The summed E-state index contributed by atoms with van der Waals surface area (Å²) in [5, 5.41) is 10.1. The number of hydrogen-bond donors (Lipinski definition) is 1. The average Bonchev–Trinajstić information content (AvgIpc) is 2.48. The van der Waals surface area contributed by atoms with Gasteiger partial charge < -0.3 is 5.73 Å². The van der Waals surface area contributed by atoms with E-state index in [2.05, 4.69) is 34.0 Å². The van der Waals surface area contributed by atoms with Crippen molar-refractivity contribution in [2.45, 2.75) is 50.3 Å². The highest BCUT2D eigenvalue weighted by atomic mass is 32.2. The van der Waals surface area contributed by atoms with E-state index in [1.165, 1.54) is 17.3 Å². The van der Waals surface area contributed by atoms with E-state index in [1.54, 1.807) is 12.4 Å². The number of aromatic nitrogens is 4. The molecule has 6 heteroatoms. The molecular formula is C14H19N5S. The second kappa shape index (κ2) is 6.76. The topological polar surface area (TPSA) is 77.6 Å². The molecular weight excluding hydrogens is 270 g/mol. The first-order chi connectivity index (χ1) is 9.69. The Morgan fingerprint density at radius 3 is 2.30 bits per heavy atom. The van der Waals surface area contributed by atoms with E-state index in [9.17, 15) is 0 Å². The van der Waals surface area contributed by atoms with Gasteiger partial charge in [0.15, 0.2) is 5.16 Å². The standard InChI is InChI=1S/C14H19N5S/c1-4-10-11(6-15)13(19-18-12(10)5-2)20-14-16-7-9(3)8-17-14/h7-8H,4-6,15H2,1-3H3. The normalized spacial score (nSPS) is 10.8. The average molecular weight is 289 g/mol. The number of aryl methyl sites for hydroxylation is 2. The highest BCUT2D eigenvalue weighted by Crippen LogP contribution is 2.28. The van der Waals surface area contributed by atoms with E-state index in [4.69, 9.17) is 5.73 Å². The van der Waals surface area contributed by atoms with Gasteiger partial charge in [0, 0.05) is 24.5 Å². The van der Waals surface area contributed by atoms with Crippen molar-refractivity contribution in [1.29, 1.82) is 0 Å². The predicted octanol–water partition coefficient (Wildman–Crippen LogP) is 2.31. The van der Waals surface area contributed by atoms with E-state index < -0.39 is 0 Å². The van der Waals surface area contributed by atoms with Crippen molar-refractivity contribution in [1.82, 2.24) is 20.2 Å². The summed E-state index contributed by atoms with van der Waals surface area (Å²) in [7, 11) is 0. The van der Waals surface area contributed by atoms with Gasteiger partial charge in [-0.05, 0) is 42.7 Å². The van der Waals surface area contributed by atoms with Gasteiger partial charge in [-0.25, -0.2) is 9.97 Å². The van der Waals surface area contributed by atoms with Crippen molar-refractivity contribution in [3.05, 3.63) is 34.8 Å². The maximum Gasteiger partial charge on any atom is 0.193 e. The molecule has 2 heterocycles. The first-order valence-corrected chi connectivity index (χ1v) is 7.55. The monoisotopic (exact) mass is 289 g/mol. The summed E-state index contributed by atoms with van der Waals surface area (Å²) in [6, 6.07) is 0. The van der Waals surface area contributed by atoms with Crippen LogP contribution in [0.4, 0.5) is 0 Å². The van der Waals surface area contributed by atoms with Crippen LogP contribution in [0.1, 0.15) is 36.2 Å². The van der Waals surface area contributed by atoms with Crippen LogP contribution in [0.25, 0.3) is 0 Å². The fraction of sp³-hybridized carbons (Fsp3) is 0.429. The summed E-state index contributed by atoms with van der Waals surface area (Å²) >= 11 is 1.42. The Labute approximate surface area is 123 Å². The number of nitrogens with zero attached hydrogens (tertiary/aromatic N) is 4. The largest absolute Gasteiger partial charge is 0.326 e. The third-order valence-electron chi connectivity index (χ3n) is 3.07. The molecule has 0 atom stereocenters. The molecule has 0 aliphatic carbocycles. The van der Waals surface area contributed by atoms with Gasteiger partial charge in [-0.2, -0.15) is 5.10 Å². The molecule has 106 valence electrons. The molecule has 0 amide bonds. The molecule has 0 fully saturated rings. The lowest BCUT2D eigenvalue weighted by atomic mass is 10.0. The minimum atomic E-state index is 0.458. The SMILES string of the molecule is CCc1nnc(Sc2ncc(C)cn2)c(CN)c1CC. The van der Waals surface area contributed by atoms with Gasteiger partial charge in [0.25, 0.3) is 0 Å². The van der Waals surface area contributed by atoms with E-state index >= 15 is 0 Å². The smallest absolute Gasteiger partial charge is 0.193 e. The van der Waals surface area contributed by atoms with Crippen LogP contribution in [0.2, 0.25) is 0 Å². The third-order valence-corrected chi connectivity index (χ3v) is 3.98. The van der Waals surface area contributed by atoms with Crippen molar-refractivity contribution in [3.8, 4) is 0 Å². The number of hydrogen-bond acceptors (Lipinski definition) is 6. The van der Waals surface area contributed by atoms with Crippen LogP contribution in [0.5, 0.6) is 0 Å². The van der Waals surface area contributed by atoms with Gasteiger partial charge in [0.05, 0.1) is 5.69 Å². The lowest BCUT2D eigenvalue weighted by molar-refractivity contribution is 0.779. The zero-order chi connectivity index (χ0) is 14.5. The fourth-order valence-electron chi connectivity index (χ4n) is 2.04. The molecule has 5 nitrogen and oxygen atoms in total. The van der Waals surface area contributed by atoms with Crippen LogP contribution in [0.3, 0.4) is 0 Å². The summed E-state index contributed by atoms with van der Waals surface area (Å²) < 4.78 is 0. The van der Waals surface area contributed by atoms with E-state index in [0.717, 1.165) is 34.7 Å². The highest BCUT2D eigenvalue weighted by Gasteiger charge is 2.15. The Morgan fingerprint density at radius 1 is 1.05 bits per heavy atom. The summed E-state index contributed by atoms with van der Waals surface area (Å²) in [5.74, 6) is 0. The quantitative estimate of drug-likeness (QED) is 0.851. The molecule has 0 bridgehead atoms. The van der Waals surface area contributed by atoms with Gasteiger partial charge in [0.1, 0.15) is 5.03 Å². The molecule has 0 radical (unpaired) electrons. The van der Waals surface area contributed by atoms with Crippen LogP contribution in [0.15, 0.2) is 22.6 Å². The van der Waals surface area contributed by atoms with E-state index in [1.807, 2.05) is 6.92 Å². The molecule has 2 aromatic rings. The second-order valence-electron chi connectivity index (χ2n) is 4.47. The van der Waals surface area contributed by atoms with Crippen LogP contribution in [-0.2, 0) is 19.4 Å². The lowest BCUT2D eigenvalue weighted by Gasteiger charge is -2.13. The first kappa shape index (κ1) is 14.9. The highest BCUT2D eigenvalue weighted by molar-refractivity contribution is 7.99. The number of nitrogens with two attached hydrogens (primary N) is 1. The maximum atomic E-state index is 5.91. The Balaban J connectivity index is 2.38. The summed E-state index contributed by atoms with van der Waals surface area (Å²) in [4.78, 5) is 8.58. The third kappa shape index (κ3) is 3.13. The molecule has 0 unspecified atom stereocenters. The van der Waals surface area contributed by atoms with Gasteiger partial charge in [-0.3, -0.25) is 0 Å². The molecule has 2 N–H and O–H groups in total. The van der Waals surface area contributed by atoms with Crippen molar-refractivity contribution in [3.63, 3.8) is 0 Å². The van der Waals surface area contributed by atoms with Crippen LogP contribution in [0, 0.1) is 6.92 Å². The Bertz CT molecular complexity index is 583. The molecule has 0 spiro atoms. The van der Waals surface area contributed by atoms with Crippen LogP contribution >= 0.6 is 11.8 Å². The van der Waals surface area contributed by atoms with Crippen molar-refractivity contribution < 1.29 is 0 Å². The van der Waals surface area contributed by atoms with Crippen molar-refractivity contribution in [2.24, 2.45) is 5.73 Å². The summed E-state index contributed by atoms with van der Waals surface area (Å²) in [6.07, 6.45) is 5.38. The summed E-state index contributed by atoms with van der Waals surface area (Å²) in [5.41, 5.74) is 10.2. The van der Waals surface area contributed by atoms with Crippen molar-refractivity contribution >= 4 is 11.8 Å². The molecule has 0 aromatic carbocycles. The maximum absolute atomic E-state index is 5.91. The molecule has 0 aliphatic heterocycles. The van der Waals surface area contributed by atoms with Crippen LogP contribution in [-0.4, -0.2) is 20.2 Å². The Hall–Kier alpha value is -1.53. The Morgan fingerprint density at radius 2 is 1.75 bits per heavy atom. The molecule has 2 aromatic heterocycles. The van der Waals surface area contributed by atoms with Crippen molar-refractivity contribution in [2.75, 3.05) is 0 Å². The van der Waals surface area contributed by atoms with Gasteiger partial charge in [0.2, 0.25) is 0 Å². The number of rotatable bonds is 5. The van der Waals surface area contributed by atoms with Gasteiger partial charge in [-0.15, -0.1) is 5.10 Å². The summed E-state index contributed by atoms with van der Waals surface area (Å²) in [6.45, 7) is 6.62. The zero-order valence-electron chi connectivity index (χ0n) is 12.1. The molecule has 20 heavy (non-hydrogen) atoms. The van der Waals surface area contributed by atoms with Crippen LogP contribution < -0.4 is 5.73 Å². The minimum absolute atomic E-state index is 0.458. The van der Waals surface area contributed by atoms with Gasteiger partial charge in [-0.1, -0.05) is 13.8 Å². The van der Waals surface area contributed by atoms with Gasteiger partial charge >= 0.3 is 0 Å². The second-order valence-corrected chi connectivity index (χ2v) is 5.42. The predicted molar refractivity (Wildman–Crippen MR) is 79.6 cm³/mol. The molecule has 0 saturated heterocycles. The lowest BCUT2D eigenvalue weighted by Crippen LogP contribution is -2.10. The minimum Gasteiger partial charge on any atom is -0.326 e. The molecule has 2 rings (SSSR count). The fourth-order valence-corrected chi connectivity index (χ4v) is 2.84. The van der Waals surface area contributed by atoms with E-state index in [0.29, 0.717) is 11.7 Å². The zero-order valence-corrected chi connectivity index (χ0v) is 12.9. The Kier molecular flexibility index (Phi) is 5.03. The molecule has 0 saturated carbocycles.